The van der Waals surface area contributed by atoms with Gasteiger partial charge in [-0.3, -0.25) is 4.79 Å². The third-order valence-corrected chi connectivity index (χ3v) is 4.56. The Morgan fingerprint density at radius 1 is 1.13 bits per heavy atom. The zero-order valence-corrected chi connectivity index (χ0v) is 16.0. The topological polar surface area (TPSA) is 93.1 Å². The van der Waals surface area contributed by atoms with E-state index in [2.05, 4.69) is 25.3 Å². The first-order chi connectivity index (χ1) is 14.5. The highest BCUT2D eigenvalue weighted by Crippen LogP contribution is 2.26. The molecule has 1 fully saturated rings. The SMILES string of the molecule is CCc1cc(NC(=O)c2nccnc2N2CC(Oc3ccc(F)c(F)c3)C2)ncn1. The van der Waals surface area contributed by atoms with E-state index in [0.29, 0.717) is 24.7 Å². The van der Waals surface area contributed by atoms with Crippen molar-refractivity contribution in [2.75, 3.05) is 23.3 Å². The average Bonchev–Trinajstić information content (AvgIpc) is 2.73. The van der Waals surface area contributed by atoms with Gasteiger partial charge in [-0.25, -0.2) is 28.7 Å². The van der Waals surface area contributed by atoms with E-state index in [4.69, 9.17) is 4.74 Å². The van der Waals surface area contributed by atoms with E-state index >= 15 is 0 Å². The Balaban J connectivity index is 1.42. The Bertz CT molecular complexity index is 1070. The number of amides is 1. The summed E-state index contributed by atoms with van der Waals surface area (Å²) in [6, 6.07) is 5.09. The predicted molar refractivity (Wildman–Crippen MR) is 104 cm³/mol. The number of nitrogens with one attached hydrogen (secondary N) is 1. The standard InChI is InChI=1S/C20H18F2N6O2/c1-2-12-7-17(26-11-25-12)27-20(29)18-19(24-6-5-23-18)28-9-14(10-28)30-13-3-4-15(21)16(22)8-13/h3-8,11,14H,2,9-10H2,1H3,(H,25,26,27,29). The fourth-order valence-electron chi connectivity index (χ4n) is 2.99. The van der Waals surface area contributed by atoms with Crippen LogP contribution in [0.25, 0.3) is 0 Å². The van der Waals surface area contributed by atoms with Crippen LogP contribution < -0.4 is 15.0 Å². The van der Waals surface area contributed by atoms with E-state index in [-0.39, 0.29) is 17.5 Å². The van der Waals surface area contributed by atoms with Gasteiger partial charge >= 0.3 is 0 Å². The lowest BCUT2D eigenvalue weighted by molar-refractivity contribution is 0.102. The normalized spacial score (nSPS) is 13.6. The van der Waals surface area contributed by atoms with Crippen LogP contribution in [0.15, 0.2) is 43.0 Å². The molecule has 154 valence electrons. The number of carbonyl (C=O) groups is 1. The van der Waals surface area contributed by atoms with Gasteiger partial charge in [0.05, 0.1) is 13.1 Å². The van der Waals surface area contributed by atoms with Crippen molar-refractivity contribution in [2.45, 2.75) is 19.4 Å². The molecule has 2 aromatic heterocycles. The van der Waals surface area contributed by atoms with E-state index in [1.807, 2.05) is 11.8 Å². The third-order valence-electron chi connectivity index (χ3n) is 4.56. The first kappa shape index (κ1) is 19.6. The number of hydrogen-bond acceptors (Lipinski definition) is 7. The summed E-state index contributed by atoms with van der Waals surface area (Å²) >= 11 is 0. The summed E-state index contributed by atoms with van der Waals surface area (Å²) in [5.74, 6) is -1.30. The van der Waals surface area contributed by atoms with Crippen LogP contribution in [-0.2, 0) is 6.42 Å². The molecule has 1 N–H and O–H groups in total. The van der Waals surface area contributed by atoms with Gasteiger partial charge in [0.2, 0.25) is 0 Å². The van der Waals surface area contributed by atoms with Crippen LogP contribution in [0.5, 0.6) is 5.75 Å². The van der Waals surface area contributed by atoms with Crippen LogP contribution in [0, 0.1) is 11.6 Å². The predicted octanol–water partition coefficient (Wildman–Crippen LogP) is 2.63. The molecule has 30 heavy (non-hydrogen) atoms. The molecule has 0 radical (unpaired) electrons. The van der Waals surface area contributed by atoms with Gasteiger partial charge in [-0.05, 0) is 18.6 Å². The highest BCUT2D eigenvalue weighted by atomic mass is 19.2. The fraction of sp³-hybridized carbons (Fsp3) is 0.250. The van der Waals surface area contributed by atoms with Crippen molar-refractivity contribution in [2.24, 2.45) is 0 Å². The summed E-state index contributed by atoms with van der Waals surface area (Å²) in [6.45, 7) is 2.80. The molecule has 0 atom stereocenters. The van der Waals surface area contributed by atoms with E-state index < -0.39 is 17.5 Å². The molecular weight excluding hydrogens is 394 g/mol. The summed E-state index contributed by atoms with van der Waals surface area (Å²) in [6.07, 6.45) is 4.79. The molecule has 1 aromatic carbocycles. The molecule has 0 bridgehead atoms. The minimum Gasteiger partial charge on any atom is -0.487 e. The van der Waals surface area contributed by atoms with Gasteiger partial charge in [0, 0.05) is 30.2 Å². The number of ether oxygens (including phenoxy) is 1. The van der Waals surface area contributed by atoms with Crippen molar-refractivity contribution in [3.05, 3.63) is 66.0 Å². The summed E-state index contributed by atoms with van der Waals surface area (Å²) in [5, 5.41) is 2.71. The number of carbonyl (C=O) groups excluding carboxylic acids is 1. The maximum absolute atomic E-state index is 13.3. The van der Waals surface area contributed by atoms with Crippen LogP contribution in [0.1, 0.15) is 23.1 Å². The van der Waals surface area contributed by atoms with Crippen LogP contribution in [0.4, 0.5) is 20.4 Å². The van der Waals surface area contributed by atoms with Gasteiger partial charge < -0.3 is 15.0 Å². The molecule has 0 saturated carbocycles. The zero-order valence-electron chi connectivity index (χ0n) is 16.0. The van der Waals surface area contributed by atoms with Gasteiger partial charge in [0.25, 0.3) is 5.91 Å². The molecule has 1 aliphatic rings. The molecular formula is C20H18F2N6O2. The average molecular weight is 412 g/mol. The van der Waals surface area contributed by atoms with Crippen LogP contribution in [-0.4, -0.2) is 45.0 Å². The van der Waals surface area contributed by atoms with Crippen molar-refractivity contribution in [3.8, 4) is 5.75 Å². The number of aromatic nitrogens is 4. The minimum absolute atomic E-state index is 0.153. The number of aryl methyl sites for hydroxylation is 1. The van der Waals surface area contributed by atoms with Gasteiger partial charge in [0.15, 0.2) is 23.1 Å². The molecule has 3 aromatic rings. The Labute approximate surface area is 171 Å². The molecule has 3 heterocycles. The van der Waals surface area contributed by atoms with E-state index in [1.165, 1.54) is 24.8 Å². The van der Waals surface area contributed by atoms with Crippen molar-refractivity contribution in [3.63, 3.8) is 0 Å². The third kappa shape index (κ3) is 4.17. The lowest BCUT2D eigenvalue weighted by Gasteiger charge is -2.40. The van der Waals surface area contributed by atoms with E-state index in [0.717, 1.165) is 24.2 Å². The highest BCUT2D eigenvalue weighted by Gasteiger charge is 2.33. The molecule has 4 rings (SSSR count). The number of halogens is 2. The van der Waals surface area contributed by atoms with Crippen molar-refractivity contribution < 1.29 is 18.3 Å². The maximum atomic E-state index is 13.3. The summed E-state index contributed by atoms with van der Waals surface area (Å²) in [5.41, 5.74) is 0.958. The summed E-state index contributed by atoms with van der Waals surface area (Å²) in [7, 11) is 0. The second kappa shape index (κ2) is 8.36. The van der Waals surface area contributed by atoms with Crippen LogP contribution in [0.3, 0.4) is 0 Å². The number of rotatable bonds is 6. The minimum atomic E-state index is -0.965. The number of anilines is 2. The molecule has 1 amide bonds. The quantitative estimate of drug-likeness (QED) is 0.665. The fourth-order valence-corrected chi connectivity index (χ4v) is 2.99. The van der Waals surface area contributed by atoms with Gasteiger partial charge in [-0.2, -0.15) is 0 Å². The Kier molecular flexibility index (Phi) is 5.46. The molecule has 0 aliphatic carbocycles. The molecule has 0 unspecified atom stereocenters. The molecule has 10 heteroatoms. The summed E-state index contributed by atoms with van der Waals surface area (Å²) < 4.78 is 32.0. The van der Waals surface area contributed by atoms with Crippen LogP contribution >= 0.6 is 0 Å². The largest absolute Gasteiger partial charge is 0.487 e. The van der Waals surface area contributed by atoms with E-state index in [9.17, 15) is 13.6 Å². The first-order valence-electron chi connectivity index (χ1n) is 9.33. The maximum Gasteiger partial charge on any atom is 0.279 e. The number of hydrogen-bond donors (Lipinski definition) is 1. The monoisotopic (exact) mass is 412 g/mol. The smallest absolute Gasteiger partial charge is 0.279 e. The van der Waals surface area contributed by atoms with E-state index in [1.54, 1.807) is 6.07 Å². The highest BCUT2D eigenvalue weighted by molar-refractivity contribution is 6.05. The Hall–Kier alpha value is -3.69. The summed E-state index contributed by atoms with van der Waals surface area (Å²) in [4.78, 5) is 31.1. The molecule has 1 aliphatic heterocycles. The lowest BCUT2D eigenvalue weighted by atomic mass is 10.1. The molecule has 8 nitrogen and oxygen atoms in total. The Morgan fingerprint density at radius 3 is 2.70 bits per heavy atom. The van der Waals surface area contributed by atoms with Gasteiger partial charge in [0.1, 0.15) is 24.0 Å². The van der Waals surface area contributed by atoms with Gasteiger partial charge in [-0.15, -0.1) is 0 Å². The number of benzene rings is 1. The Morgan fingerprint density at radius 2 is 1.93 bits per heavy atom. The van der Waals surface area contributed by atoms with Crippen molar-refractivity contribution in [1.82, 2.24) is 19.9 Å². The van der Waals surface area contributed by atoms with Crippen LogP contribution in [0.2, 0.25) is 0 Å². The molecule has 0 spiro atoms. The van der Waals surface area contributed by atoms with Crippen molar-refractivity contribution in [1.29, 1.82) is 0 Å². The number of nitrogens with zero attached hydrogens (tertiary/aromatic N) is 5. The van der Waals surface area contributed by atoms with Crippen molar-refractivity contribution >= 4 is 17.5 Å². The lowest BCUT2D eigenvalue weighted by Crippen LogP contribution is -2.54. The second-order valence-electron chi connectivity index (χ2n) is 6.65. The first-order valence-corrected chi connectivity index (χ1v) is 9.33. The molecule has 1 saturated heterocycles. The second-order valence-corrected chi connectivity index (χ2v) is 6.65. The van der Waals surface area contributed by atoms with Gasteiger partial charge in [-0.1, -0.05) is 6.92 Å². The zero-order chi connectivity index (χ0) is 21.1.